The van der Waals surface area contributed by atoms with E-state index < -0.39 is 0 Å². The van der Waals surface area contributed by atoms with Crippen molar-refractivity contribution in [1.82, 2.24) is 0 Å². The maximum atomic E-state index is 13.4. The van der Waals surface area contributed by atoms with E-state index in [4.69, 9.17) is 5.73 Å². The van der Waals surface area contributed by atoms with E-state index in [1.807, 2.05) is 6.07 Å². The second-order valence-electron chi connectivity index (χ2n) is 5.63. The molecule has 0 bridgehead atoms. The monoisotopic (exact) mass is 288 g/mol. The highest BCUT2D eigenvalue weighted by Gasteiger charge is 2.26. The summed E-state index contributed by atoms with van der Waals surface area (Å²) < 4.78 is 26.4. The minimum absolute atomic E-state index is 0.0251. The second kappa shape index (κ2) is 5.82. The molecule has 0 amide bonds. The van der Waals surface area contributed by atoms with Gasteiger partial charge in [-0.15, -0.1) is 0 Å². The van der Waals surface area contributed by atoms with Crippen molar-refractivity contribution in [1.29, 1.82) is 0 Å². The predicted octanol–water partition coefficient (Wildman–Crippen LogP) is 3.29. The third-order valence-electron chi connectivity index (χ3n) is 3.99. The smallest absolute Gasteiger partial charge is 0.123 e. The van der Waals surface area contributed by atoms with E-state index in [1.54, 1.807) is 24.3 Å². The number of benzene rings is 2. The molecule has 1 aliphatic heterocycles. The normalized spacial score (nSPS) is 22.3. The van der Waals surface area contributed by atoms with Crippen LogP contribution in [-0.2, 0) is 0 Å². The zero-order chi connectivity index (χ0) is 14.8. The van der Waals surface area contributed by atoms with Gasteiger partial charge in [0.05, 0.1) is 0 Å². The molecule has 1 saturated heterocycles. The number of anilines is 1. The van der Waals surface area contributed by atoms with Crippen molar-refractivity contribution >= 4 is 5.69 Å². The van der Waals surface area contributed by atoms with E-state index in [1.165, 1.54) is 18.2 Å². The average molecular weight is 288 g/mol. The Hall–Kier alpha value is -1.94. The summed E-state index contributed by atoms with van der Waals surface area (Å²) in [7, 11) is 0. The van der Waals surface area contributed by atoms with Crippen molar-refractivity contribution < 1.29 is 8.78 Å². The summed E-state index contributed by atoms with van der Waals surface area (Å²) in [6.45, 7) is 1.50. The summed E-state index contributed by atoms with van der Waals surface area (Å²) in [6, 6.07) is 13.1. The molecule has 3 rings (SSSR count). The van der Waals surface area contributed by atoms with Gasteiger partial charge in [-0.1, -0.05) is 12.1 Å². The van der Waals surface area contributed by atoms with E-state index in [0.717, 1.165) is 30.8 Å². The highest BCUT2D eigenvalue weighted by molar-refractivity contribution is 5.48. The molecule has 2 N–H and O–H groups in total. The Morgan fingerprint density at radius 3 is 2.43 bits per heavy atom. The van der Waals surface area contributed by atoms with Crippen LogP contribution in [0.1, 0.15) is 17.9 Å². The predicted molar refractivity (Wildman–Crippen MR) is 80.3 cm³/mol. The van der Waals surface area contributed by atoms with Gasteiger partial charge in [0.25, 0.3) is 0 Å². The van der Waals surface area contributed by atoms with Crippen molar-refractivity contribution in [2.24, 2.45) is 5.73 Å². The van der Waals surface area contributed by atoms with Gasteiger partial charge >= 0.3 is 0 Å². The van der Waals surface area contributed by atoms with Crippen LogP contribution >= 0.6 is 0 Å². The molecule has 2 aromatic rings. The summed E-state index contributed by atoms with van der Waals surface area (Å²) in [5.41, 5.74) is 8.07. The van der Waals surface area contributed by atoms with E-state index in [9.17, 15) is 8.78 Å². The van der Waals surface area contributed by atoms with Gasteiger partial charge in [-0.2, -0.15) is 0 Å². The van der Waals surface area contributed by atoms with Crippen LogP contribution in [0.4, 0.5) is 14.5 Å². The van der Waals surface area contributed by atoms with Crippen molar-refractivity contribution in [3.05, 3.63) is 65.7 Å². The maximum Gasteiger partial charge on any atom is 0.123 e. The first-order chi connectivity index (χ1) is 10.1. The Labute approximate surface area is 123 Å². The van der Waals surface area contributed by atoms with Crippen LogP contribution in [0.5, 0.6) is 0 Å². The minimum Gasteiger partial charge on any atom is -0.369 e. The average Bonchev–Trinajstić information content (AvgIpc) is 2.47. The Morgan fingerprint density at radius 2 is 1.71 bits per heavy atom. The number of rotatable bonds is 2. The van der Waals surface area contributed by atoms with Gasteiger partial charge in [0.2, 0.25) is 0 Å². The molecule has 2 unspecified atom stereocenters. The number of nitrogens with zero attached hydrogens (tertiary/aromatic N) is 1. The SMILES string of the molecule is NC1CC(c2cccc(F)c2)CN(c2ccc(F)cc2)C1. The number of nitrogens with two attached hydrogens (primary N) is 1. The molecule has 0 saturated carbocycles. The van der Waals surface area contributed by atoms with E-state index in [0.29, 0.717) is 0 Å². The Morgan fingerprint density at radius 1 is 0.952 bits per heavy atom. The molecule has 2 nitrogen and oxygen atoms in total. The molecule has 0 aliphatic carbocycles. The molecule has 1 heterocycles. The van der Waals surface area contributed by atoms with Crippen LogP contribution in [0.3, 0.4) is 0 Å². The molecule has 1 aliphatic rings. The molecule has 21 heavy (non-hydrogen) atoms. The molecular formula is C17H18F2N2. The molecule has 1 fully saturated rings. The van der Waals surface area contributed by atoms with Crippen LogP contribution in [-0.4, -0.2) is 19.1 Å². The van der Waals surface area contributed by atoms with Crippen molar-refractivity contribution in [3.63, 3.8) is 0 Å². The summed E-state index contributed by atoms with van der Waals surface area (Å²) >= 11 is 0. The van der Waals surface area contributed by atoms with Crippen molar-refractivity contribution in [2.45, 2.75) is 18.4 Å². The Balaban J connectivity index is 1.83. The molecule has 0 spiro atoms. The summed E-state index contributed by atoms with van der Waals surface area (Å²) in [6.07, 6.45) is 0.834. The van der Waals surface area contributed by atoms with Gasteiger partial charge in [0.1, 0.15) is 11.6 Å². The van der Waals surface area contributed by atoms with Crippen LogP contribution in [0, 0.1) is 11.6 Å². The third kappa shape index (κ3) is 3.22. The fraction of sp³-hybridized carbons (Fsp3) is 0.294. The fourth-order valence-corrected chi connectivity index (χ4v) is 3.00. The van der Waals surface area contributed by atoms with Gasteiger partial charge in [-0.25, -0.2) is 8.78 Å². The first-order valence-electron chi connectivity index (χ1n) is 7.13. The number of piperidine rings is 1. The van der Waals surface area contributed by atoms with E-state index in [-0.39, 0.29) is 23.6 Å². The number of halogens is 2. The lowest BCUT2D eigenvalue weighted by atomic mass is 9.88. The summed E-state index contributed by atoms with van der Waals surface area (Å²) in [4.78, 5) is 2.14. The summed E-state index contributed by atoms with van der Waals surface area (Å²) in [5.74, 6) is -0.281. The highest BCUT2D eigenvalue weighted by Crippen LogP contribution is 2.30. The van der Waals surface area contributed by atoms with E-state index in [2.05, 4.69) is 4.90 Å². The molecule has 2 aromatic carbocycles. The topological polar surface area (TPSA) is 29.3 Å². The van der Waals surface area contributed by atoms with Gasteiger partial charge in [-0.05, 0) is 48.4 Å². The molecule has 110 valence electrons. The van der Waals surface area contributed by atoms with Gasteiger partial charge in [0.15, 0.2) is 0 Å². The van der Waals surface area contributed by atoms with E-state index >= 15 is 0 Å². The molecule has 0 aromatic heterocycles. The van der Waals surface area contributed by atoms with Crippen molar-refractivity contribution in [2.75, 3.05) is 18.0 Å². The zero-order valence-corrected chi connectivity index (χ0v) is 11.7. The standard InChI is InChI=1S/C17H18F2N2/c18-14-4-6-17(7-5-14)21-10-13(9-16(20)11-21)12-2-1-3-15(19)8-12/h1-8,13,16H,9-11,20H2. The number of hydrogen-bond donors (Lipinski definition) is 1. The molecule has 0 radical (unpaired) electrons. The lowest BCUT2D eigenvalue weighted by Gasteiger charge is -2.38. The lowest BCUT2D eigenvalue weighted by Crippen LogP contribution is -2.46. The third-order valence-corrected chi connectivity index (χ3v) is 3.99. The van der Waals surface area contributed by atoms with Crippen LogP contribution in [0.2, 0.25) is 0 Å². The molecule has 4 heteroatoms. The quantitative estimate of drug-likeness (QED) is 0.919. The highest BCUT2D eigenvalue weighted by atomic mass is 19.1. The first-order valence-corrected chi connectivity index (χ1v) is 7.13. The van der Waals surface area contributed by atoms with Crippen LogP contribution in [0.15, 0.2) is 48.5 Å². The maximum absolute atomic E-state index is 13.4. The lowest BCUT2D eigenvalue weighted by molar-refractivity contribution is 0.452. The fourth-order valence-electron chi connectivity index (χ4n) is 3.00. The zero-order valence-electron chi connectivity index (χ0n) is 11.7. The molecular weight excluding hydrogens is 270 g/mol. The number of hydrogen-bond acceptors (Lipinski definition) is 2. The first kappa shape index (κ1) is 14.0. The second-order valence-corrected chi connectivity index (χ2v) is 5.63. The van der Waals surface area contributed by atoms with Crippen LogP contribution < -0.4 is 10.6 Å². The minimum atomic E-state index is -0.248. The van der Waals surface area contributed by atoms with Crippen molar-refractivity contribution in [3.8, 4) is 0 Å². The Bertz CT molecular complexity index is 612. The largest absolute Gasteiger partial charge is 0.369 e. The van der Waals surface area contributed by atoms with Gasteiger partial charge in [-0.3, -0.25) is 0 Å². The molecule has 2 atom stereocenters. The summed E-state index contributed by atoms with van der Waals surface area (Å²) in [5, 5.41) is 0. The Kier molecular flexibility index (Phi) is 3.88. The van der Waals surface area contributed by atoms with Gasteiger partial charge in [0, 0.05) is 30.7 Å². The van der Waals surface area contributed by atoms with Crippen LogP contribution in [0.25, 0.3) is 0 Å². The van der Waals surface area contributed by atoms with Gasteiger partial charge < -0.3 is 10.6 Å².